The Morgan fingerprint density at radius 3 is 2.43 bits per heavy atom. The average molecular weight is 314 g/mol. The van der Waals surface area contributed by atoms with E-state index in [-0.39, 0.29) is 11.9 Å². The lowest BCUT2D eigenvalue weighted by Gasteiger charge is -2.35. The summed E-state index contributed by atoms with van der Waals surface area (Å²) in [4.78, 5) is 13.3. The molecule has 8 heteroatoms. The molecule has 122 valence electrons. The molecule has 1 aliphatic heterocycles. The molecular weight excluding hydrogens is 292 g/mol. The molecule has 1 saturated carbocycles. The van der Waals surface area contributed by atoms with Gasteiger partial charge in [0.05, 0.1) is 11.9 Å². The zero-order valence-electron chi connectivity index (χ0n) is 13.1. The van der Waals surface area contributed by atoms with Gasteiger partial charge in [0, 0.05) is 32.7 Å². The molecule has 0 amide bonds. The summed E-state index contributed by atoms with van der Waals surface area (Å²) in [6.45, 7) is 5.56. The number of nitrogen functional groups attached to an aromatic ring is 2. The third kappa shape index (κ3) is 3.07. The van der Waals surface area contributed by atoms with Crippen molar-refractivity contribution in [3.05, 3.63) is 18.3 Å². The van der Waals surface area contributed by atoms with Crippen LogP contribution in [0.3, 0.4) is 0 Å². The minimum absolute atomic E-state index is 0.165. The smallest absolute Gasteiger partial charge is 0.241 e. The van der Waals surface area contributed by atoms with E-state index in [1.807, 2.05) is 12.1 Å². The fourth-order valence-electron chi connectivity index (χ4n) is 3.05. The third-order valence-corrected chi connectivity index (χ3v) is 4.53. The van der Waals surface area contributed by atoms with Crippen LogP contribution in [0, 0.1) is 5.92 Å². The number of aromatic nitrogens is 4. The molecule has 8 nitrogen and oxygen atoms in total. The third-order valence-electron chi connectivity index (χ3n) is 4.53. The van der Waals surface area contributed by atoms with Gasteiger partial charge in [0.1, 0.15) is 5.82 Å². The molecule has 0 unspecified atom stereocenters. The lowest BCUT2D eigenvalue weighted by Crippen LogP contribution is -2.47. The summed E-state index contributed by atoms with van der Waals surface area (Å²) in [6.07, 6.45) is 4.59. The predicted molar refractivity (Wildman–Crippen MR) is 89.4 cm³/mol. The SMILES string of the molecule is Nc1nc(N)n(-c2ccc(N3CCN(CC4CC4)CC3)nc2)n1. The Bertz CT molecular complexity index is 667. The van der Waals surface area contributed by atoms with Crippen molar-refractivity contribution in [3.63, 3.8) is 0 Å². The minimum atomic E-state index is 0.165. The average Bonchev–Trinajstić information content (AvgIpc) is 3.31. The van der Waals surface area contributed by atoms with E-state index in [4.69, 9.17) is 11.5 Å². The highest BCUT2D eigenvalue weighted by Gasteiger charge is 2.26. The van der Waals surface area contributed by atoms with Crippen LogP contribution in [0.25, 0.3) is 5.69 Å². The molecule has 2 aromatic heterocycles. The molecule has 2 aliphatic rings. The van der Waals surface area contributed by atoms with Crippen molar-refractivity contribution in [2.45, 2.75) is 12.8 Å². The number of pyridine rings is 1. The molecule has 1 aliphatic carbocycles. The second-order valence-electron chi connectivity index (χ2n) is 6.35. The van der Waals surface area contributed by atoms with Crippen LogP contribution < -0.4 is 16.4 Å². The molecule has 0 atom stereocenters. The molecular formula is C15H22N8. The zero-order valence-corrected chi connectivity index (χ0v) is 13.1. The Morgan fingerprint density at radius 1 is 1.09 bits per heavy atom. The van der Waals surface area contributed by atoms with Gasteiger partial charge < -0.3 is 16.4 Å². The van der Waals surface area contributed by atoms with Crippen molar-refractivity contribution in [1.82, 2.24) is 24.6 Å². The fraction of sp³-hybridized carbons (Fsp3) is 0.533. The van der Waals surface area contributed by atoms with Gasteiger partial charge in [0.15, 0.2) is 0 Å². The predicted octanol–water partition coefficient (Wildman–Crippen LogP) is 0.359. The molecule has 4 rings (SSSR count). The van der Waals surface area contributed by atoms with E-state index in [9.17, 15) is 0 Å². The number of hydrogen-bond donors (Lipinski definition) is 2. The molecule has 4 N–H and O–H groups in total. The Kier molecular flexibility index (Phi) is 3.53. The van der Waals surface area contributed by atoms with Gasteiger partial charge in [-0.25, -0.2) is 4.98 Å². The van der Waals surface area contributed by atoms with E-state index >= 15 is 0 Å². The first-order valence-electron chi connectivity index (χ1n) is 8.11. The van der Waals surface area contributed by atoms with Crippen molar-refractivity contribution in [2.24, 2.45) is 5.92 Å². The minimum Gasteiger partial charge on any atom is -0.368 e. The molecule has 0 bridgehead atoms. The first-order valence-corrected chi connectivity index (χ1v) is 8.11. The van der Waals surface area contributed by atoms with E-state index in [0.29, 0.717) is 0 Å². The maximum Gasteiger partial charge on any atom is 0.241 e. The Hall–Kier alpha value is -2.35. The highest BCUT2D eigenvalue weighted by molar-refractivity contribution is 5.46. The van der Waals surface area contributed by atoms with Gasteiger partial charge in [0.2, 0.25) is 11.9 Å². The molecule has 2 aromatic rings. The molecule has 2 fully saturated rings. The Balaban J connectivity index is 1.41. The highest BCUT2D eigenvalue weighted by Crippen LogP contribution is 2.30. The maximum absolute atomic E-state index is 5.78. The second kappa shape index (κ2) is 5.69. The normalized spacial score (nSPS) is 19.2. The number of hydrogen-bond acceptors (Lipinski definition) is 7. The highest BCUT2D eigenvalue weighted by atomic mass is 15.4. The standard InChI is InChI=1S/C15H22N8/c16-14-19-15(17)23(20-14)12-3-4-13(18-9-12)22-7-5-21(6-8-22)10-11-1-2-11/h3-4,9,11H,1-2,5-8,10H2,(H4,16,17,19,20). The quantitative estimate of drug-likeness (QED) is 0.840. The second-order valence-corrected chi connectivity index (χ2v) is 6.35. The first-order chi connectivity index (χ1) is 11.2. The van der Waals surface area contributed by atoms with E-state index in [2.05, 4.69) is 24.9 Å². The fourth-order valence-corrected chi connectivity index (χ4v) is 3.05. The van der Waals surface area contributed by atoms with Gasteiger partial charge in [-0.3, -0.25) is 4.90 Å². The van der Waals surface area contributed by atoms with Crippen molar-refractivity contribution >= 4 is 17.7 Å². The van der Waals surface area contributed by atoms with Gasteiger partial charge in [-0.15, -0.1) is 5.10 Å². The van der Waals surface area contributed by atoms with E-state index in [1.54, 1.807) is 6.20 Å². The summed E-state index contributed by atoms with van der Waals surface area (Å²) < 4.78 is 1.50. The van der Waals surface area contributed by atoms with E-state index in [1.165, 1.54) is 24.1 Å². The number of nitrogens with two attached hydrogens (primary N) is 2. The summed E-state index contributed by atoms with van der Waals surface area (Å²) in [6, 6.07) is 3.95. The topological polar surface area (TPSA) is 102 Å². The largest absolute Gasteiger partial charge is 0.368 e. The summed E-state index contributed by atoms with van der Waals surface area (Å²) in [7, 11) is 0. The molecule has 0 aromatic carbocycles. The lowest BCUT2D eigenvalue weighted by molar-refractivity contribution is 0.247. The van der Waals surface area contributed by atoms with Crippen LogP contribution in [0.1, 0.15) is 12.8 Å². The van der Waals surface area contributed by atoms with Crippen molar-refractivity contribution in [1.29, 1.82) is 0 Å². The summed E-state index contributed by atoms with van der Waals surface area (Å²) in [5, 5.41) is 4.06. The van der Waals surface area contributed by atoms with Crippen LogP contribution in [0.4, 0.5) is 17.7 Å². The lowest BCUT2D eigenvalue weighted by atomic mass is 10.2. The van der Waals surface area contributed by atoms with Crippen LogP contribution in [0.5, 0.6) is 0 Å². The number of piperazine rings is 1. The van der Waals surface area contributed by atoms with E-state index in [0.717, 1.165) is 43.6 Å². The Morgan fingerprint density at radius 2 is 1.87 bits per heavy atom. The van der Waals surface area contributed by atoms with Gasteiger partial charge in [-0.05, 0) is 30.9 Å². The summed E-state index contributed by atoms with van der Waals surface area (Å²) in [5.41, 5.74) is 12.1. The van der Waals surface area contributed by atoms with Gasteiger partial charge in [-0.2, -0.15) is 9.67 Å². The van der Waals surface area contributed by atoms with Crippen LogP contribution in [0.2, 0.25) is 0 Å². The molecule has 23 heavy (non-hydrogen) atoms. The van der Waals surface area contributed by atoms with E-state index < -0.39 is 0 Å². The molecule has 1 saturated heterocycles. The Labute approximate surface area is 135 Å². The summed E-state index contributed by atoms with van der Waals surface area (Å²) >= 11 is 0. The van der Waals surface area contributed by atoms with Crippen LogP contribution in [-0.4, -0.2) is 57.4 Å². The van der Waals surface area contributed by atoms with Crippen molar-refractivity contribution in [2.75, 3.05) is 49.1 Å². The van der Waals surface area contributed by atoms with Crippen LogP contribution in [0.15, 0.2) is 18.3 Å². The first kappa shape index (κ1) is 14.3. The molecule has 3 heterocycles. The van der Waals surface area contributed by atoms with Crippen LogP contribution >= 0.6 is 0 Å². The van der Waals surface area contributed by atoms with Gasteiger partial charge in [0.25, 0.3) is 0 Å². The van der Waals surface area contributed by atoms with Crippen molar-refractivity contribution < 1.29 is 0 Å². The van der Waals surface area contributed by atoms with Gasteiger partial charge in [-0.1, -0.05) is 0 Å². The number of nitrogens with zero attached hydrogens (tertiary/aromatic N) is 6. The number of anilines is 3. The molecule has 0 radical (unpaired) electrons. The molecule has 0 spiro atoms. The maximum atomic E-state index is 5.78. The van der Waals surface area contributed by atoms with Crippen LogP contribution in [-0.2, 0) is 0 Å². The number of rotatable bonds is 4. The zero-order chi connectivity index (χ0) is 15.8. The monoisotopic (exact) mass is 314 g/mol. The van der Waals surface area contributed by atoms with Crippen molar-refractivity contribution in [3.8, 4) is 5.69 Å². The summed E-state index contributed by atoms with van der Waals surface area (Å²) in [5.74, 6) is 2.38. The van der Waals surface area contributed by atoms with Gasteiger partial charge >= 0.3 is 0 Å².